The average molecular weight is 631 g/mol. The Morgan fingerprint density at radius 1 is 0.319 bits per heavy atom. The Morgan fingerprint density at radius 2 is 0.553 bits per heavy atom. The molecule has 2 unspecified atom stereocenters. The van der Waals surface area contributed by atoms with Gasteiger partial charge in [-0.15, -0.1) is 0 Å². The van der Waals surface area contributed by atoms with Crippen LogP contribution in [0.3, 0.4) is 0 Å². The summed E-state index contributed by atoms with van der Waals surface area (Å²) < 4.78 is 0. The molecule has 0 saturated heterocycles. The van der Waals surface area contributed by atoms with E-state index in [1.54, 1.807) is 0 Å². The van der Waals surface area contributed by atoms with Gasteiger partial charge in [0.25, 0.3) is 0 Å². The first-order chi connectivity index (χ1) is 23.0. The summed E-state index contributed by atoms with van der Waals surface area (Å²) in [5, 5.41) is 0. The maximum atomic E-state index is 6.04. The zero-order valence-corrected chi connectivity index (χ0v) is 29.7. The minimum Gasteiger partial charge on any atom is -0.399 e. The molecule has 0 aromatic heterocycles. The number of anilines is 2. The average Bonchev–Trinajstić information content (AvgIpc) is 3.10. The van der Waals surface area contributed by atoms with Crippen molar-refractivity contribution in [2.45, 2.75) is 135 Å². The topological polar surface area (TPSA) is 52.0 Å². The highest BCUT2D eigenvalue weighted by Crippen LogP contribution is 2.36. The Balaban J connectivity index is 1.56. The van der Waals surface area contributed by atoms with E-state index in [0.717, 1.165) is 24.2 Å². The van der Waals surface area contributed by atoms with Crippen LogP contribution in [-0.2, 0) is 0 Å². The molecule has 2 nitrogen and oxygen atoms in total. The third-order valence-electron chi connectivity index (χ3n) is 10.2. The van der Waals surface area contributed by atoms with Crippen LogP contribution in [0, 0.1) is 0 Å². The largest absolute Gasteiger partial charge is 0.399 e. The number of nitrogen functional groups attached to an aromatic ring is 2. The summed E-state index contributed by atoms with van der Waals surface area (Å²) in [5.74, 6) is 1.22. The number of hydrogen-bond donors (Lipinski definition) is 2. The molecule has 2 heteroatoms. The van der Waals surface area contributed by atoms with Crippen molar-refractivity contribution in [1.82, 2.24) is 0 Å². The van der Waals surface area contributed by atoms with Crippen molar-refractivity contribution in [1.29, 1.82) is 0 Å². The van der Waals surface area contributed by atoms with E-state index in [-0.39, 0.29) is 0 Å². The van der Waals surface area contributed by atoms with Crippen molar-refractivity contribution >= 4 is 11.4 Å². The van der Waals surface area contributed by atoms with E-state index in [9.17, 15) is 0 Å². The second kappa shape index (κ2) is 20.0. The third-order valence-corrected chi connectivity index (χ3v) is 10.2. The highest BCUT2D eigenvalue weighted by molar-refractivity contribution is 5.45. The van der Waals surface area contributed by atoms with Gasteiger partial charge >= 0.3 is 0 Å². The smallest absolute Gasteiger partial charge is 0.0314 e. The first-order valence-electron chi connectivity index (χ1n) is 18.9. The van der Waals surface area contributed by atoms with Crippen LogP contribution in [0.2, 0.25) is 0 Å². The SMILES string of the molecule is CCCCCCCCCCC(c1ccc(C(CCCC)c2ccc(N)cc2)cc1)c1ccc(C(CCCC)c2ccc(N)cc2)cc1. The lowest BCUT2D eigenvalue weighted by atomic mass is 9.82. The van der Waals surface area contributed by atoms with Crippen LogP contribution in [0.5, 0.6) is 0 Å². The fraction of sp³-hybridized carbons (Fsp3) is 0.467. The van der Waals surface area contributed by atoms with E-state index < -0.39 is 0 Å². The van der Waals surface area contributed by atoms with E-state index in [1.807, 2.05) is 24.3 Å². The number of nitrogens with two attached hydrogens (primary N) is 2. The molecule has 4 aromatic rings. The van der Waals surface area contributed by atoms with Crippen LogP contribution in [0.25, 0.3) is 0 Å². The summed E-state index contributed by atoms with van der Waals surface area (Å²) in [5.41, 5.74) is 22.2. The van der Waals surface area contributed by atoms with Gasteiger partial charge < -0.3 is 11.5 Å². The van der Waals surface area contributed by atoms with Crippen LogP contribution in [0.15, 0.2) is 97.1 Å². The van der Waals surface area contributed by atoms with E-state index in [0.29, 0.717) is 17.8 Å². The van der Waals surface area contributed by atoms with Crippen molar-refractivity contribution < 1.29 is 0 Å². The van der Waals surface area contributed by atoms with Gasteiger partial charge in [0, 0.05) is 29.1 Å². The Labute approximate surface area is 287 Å². The predicted octanol–water partition coefficient (Wildman–Crippen LogP) is 13.2. The molecule has 0 amide bonds. The van der Waals surface area contributed by atoms with Crippen molar-refractivity contribution in [3.05, 3.63) is 130 Å². The number of unbranched alkanes of at least 4 members (excludes halogenated alkanes) is 9. The Hall–Kier alpha value is -3.52. The monoisotopic (exact) mass is 630 g/mol. The molecular weight excluding hydrogens is 569 g/mol. The highest BCUT2D eigenvalue weighted by atomic mass is 14.5. The fourth-order valence-electron chi connectivity index (χ4n) is 7.25. The summed E-state index contributed by atoms with van der Waals surface area (Å²) >= 11 is 0. The van der Waals surface area contributed by atoms with Gasteiger partial charge in [-0.3, -0.25) is 0 Å². The number of rotatable bonds is 21. The Bertz CT molecular complexity index is 1290. The van der Waals surface area contributed by atoms with Gasteiger partial charge in [-0.25, -0.2) is 0 Å². The first kappa shape index (κ1) is 36.3. The molecule has 0 aliphatic heterocycles. The van der Waals surface area contributed by atoms with Crippen molar-refractivity contribution in [2.24, 2.45) is 0 Å². The molecule has 252 valence electrons. The maximum Gasteiger partial charge on any atom is 0.0314 e. The lowest BCUT2D eigenvalue weighted by Gasteiger charge is -2.23. The second-order valence-corrected chi connectivity index (χ2v) is 13.9. The van der Waals surface area contributed by atoms with Gasteiger partial charge in [-0.05, 0) is 76.9 Å². The second-order valence-electron chi connectivity index (χ2n) is 13.9. The lowest BCUT2D eigenvalue weighted by molar-refractivity contribution is 0.551. The minimum atomic E-state index is 0.406. The summed E-state index contributed by atoms with van der Waals surface area (Å²) in [6.07, 6.45) is 19.2. The molecule has 0 heterocycles. The first-order valence-corrected chi connectivity index (χ1v) is 18.9. The molecule has 0 fully saturated rings. The van der Waals surface area contributed by atoms with Gasteiger partial charge in [-0.2, -0.15) is 0 Å². The molecule has 0 bridgehead atoms. The van der Waals surface area contributed by atoms with Crippen molar-refractivity contribution in [3.63, 3.8) is 0 Å². The lowest BCUT2D eigenvalue weighted by Crippen LogP contribution is -2.06. The molecule has 4 aromatic carbocycles. The minimum absolute atomic E-state index is 0.406. The zero-order valence-electron chi connectivity index (χ0n) is 29.7. The molecule has 0 aliphatic carbocycles. The molecule has 0 aliphatic rings. The molecule has 0 radical (unpaired) electrons. The van der Waals surface area contributed by atoms with E-state index in [2.05, 4.69) is 93.6 Å². The maximum absolute atomic E-state index is 6.04. The van der Waals surface area contributed by atoms with Gasteiger partial charge in [0.15, 0.2) is 0 Å². The van der Waals surface area contributed by atoms with E-state index >= 15 is 0 Å². The number of hydrogen-bond acceptors (Lipinski definition) is 2. The predicted molar refractivity (Wildman–Crippen MR) is 206 cm³/mol. The van der Waals surface area contributed by atoms with E-state index in [1.165, 1.54) is 117 Å². The van der Waals surface area contributed by atoms with Crippen molar-refractivity contribution in [2.75, 3.05) is 11.5 Å². The highest BCUT2D eigenvalue weighted by Gasteiger charge is 2.19. The fourth-order valence-corrected chi connectivity index (χ4v) is 7.25. The van der Waals surface area contributed by atoms with Gasteiger partial charge in [0.2, 0.25) is 0 Å². The molecule has 2 atom stereocenters. The quantitative estimate of drug-likeness (QED) is 0.0711. The standard InChI is InChI=1S/C45H62N2/c1-4-7-10-11-12-13-14-15-18-45(37-23-19-35(20-24-37)43(16-8-5-2)39-27-31-41(46)32-28-39)38-25-21-36(22-26-38)44(17-9-6-3)40-29-33-42(47)34-30-40/h19-34,43-45H,4-18,46-47H2,1-3H3. The summed E-state index contributed by atoms with van der Waals surface area (Å²) in [7, 11) is 0. The molecule has 4 rings (SSSR count). The van der Waals surface area contributed by atoms with Gasteiger partial charge in [0.05, 0.1) is 0 Å². The van der Waals surface area contributed by atoms with Crippen LogP contribution in [-0.4, -0.2) is 0 Å². The number of benzene rings is 4. The zero-order chi connectivity index (χ0) is 33.3. The van der Waals surface area contributed by atoms with E-state index in [4.69, 9.17) is 11.5 Å². The molecule has 0 spiro atoms. The van der Waals surface area contributed by atoms with Crippen LogP contribution in [0.1, 0.15) is 168 Å². The van der Waals surface area contributed by atoms with Gasteiger partial charge in [0.1, 0.15) is 0 Å². The third kappa shape index (κ3) is 11.3. The summed E-state index contributed by atoms with van der Waals surface area (Å²) in [4.78, 5) is 0. The van der Waals surface area contributed by atoms with Gasteiger partial charge in [-0.1, -0.05) is 171 Å². The van der Waals surface area contributed by atoms with Crippen LogP contribution in [0.4, 0.5) is 11.4 Å². The molecular formula is C45H62N2. The molecule has 0 saturated carbocycles. The molecule has 4 N–H and O–H groups in total. The van der Waals surface area contributed by atoms with Crippen LogP contribution >= 0.6 is 0 Å². The normalized spacial score (nSPS) is 13.3. The molecule has 47 heavy (non-hydrogen) atoms. The Kier molecular flexibility index (Phi) is 15.4. The summed E-state index contributed by atoms with van der Waals surface area (Å²) in [6, 6.07) is 36.4. The Morgan fingerprint density at radius 3 is 0.851 bits per heavy atom. The van der Waals surface area contributed by atoms with Crippen LogP contribution < -0.4 is 11.5 Å². The summed E-state index contributed by atoms with van der Waals surface area (Å²) in [6.45, 7) is 6.86. The van der Waals surface area contributed by atoms with Crippen molar-refractivity contribution in [3.8, 4) is 0 Å².